The fourth-order valence-electron chi connectivity index (χ4n) is 4.29. The molecule has 0 aliphatic carbocycles. The van der Waals surface area contributed by atoms with Crippen LogP contribution >= 0.6 is 23.5 Å². The van der Waals surface area contributed by atoms with Gasteiger partial charge in [-0.15, -0.1) is 0 Å². The first-order chi connectivity index (χ1) is 18.3. The molecule has 39 heavy (non-hydrogen) atoms. The Morgan fingerprint density at radius 3 is 2.31 bits per heavy atom. The van der Waals surface area contributed by atoms with E-state index >= 15 is 0 Å². The lowest BCUT2D eigenvalue weighted by Gasteiger charge is -2.43. The Morgan fingerprint density at radius 1 is 1.05 bits per heavy atom. The lowest BCUT2D eigenvalue weighted by atomic mass is 10.0. The molecule has 0 spiro atoms. The average molecular weight is 581 g/mol. The van der Waals surface area contributed by atoms with Gasteiger partial charge in [-0.25, -0.2) is 4.79 Å². The number of benzene rings is 1. The number of carbonyl (C=O) groups is 5. The van der Waals surface area contributed by atoms with Crippen molar-refractivity contribution in [3.8, 4) is 0 Å². The summed E-state index contributed by atoms with van der Waals surface area (Å²) in [5, 5.41) is 2.66. The van der Waals surface area contributed by atoms with E-state index in [1.165, 1.54) is 25.7 Å². The van der Waals surface area contributed by atoms with Crippen LogP contribution in [0.2, 0.25) is 0 Å². The molecular formula is C27H40N4O6S2. The maximum atomic E-state index is 14.0. The number of piperazine rings is 1. The second-order valence-corrected chi connectivity index (χ2v) is 13.1. The smallest absolute Gasteiger partial charge is 0.318 e. The van der Waals surface area contributed by atoms with Crippen LogP contribution < -0.4 is 5.32 Å². The highest BCUT2D eigenvalue weighted by atomic mass is 32.2. The molecule has 1 aromatic carbocycles. The lowest BCUT2D eigenvalue weighted by molar-refractivity contribution is -0.170. The van der Waals surface area contributed by atoms with E-state index in [1.807, 2.05) is 42.3 Å². The summed E-state index contributed by atoms with van der Waals surface area (Å²) in [7, 11) is 1.87. The zero-order chi connectivity index (χ0) is 29.2. The molecule has 1 fully saturated rings. The van der Waals surface area contributed by atoms with Crippen LogP contribution in [0.5, 0.6) is 0 Å². The van der Waals surface area contributed by atoms with Crippen molar-refractivity contribution in [2.24, 2.45) is 0 Å². The number of hydrogen-bond donors (Lipinski definition) is 1. The van der Waals surface area contributed by atoms with Crippen LogP contribution in [0.15, 0.2) is 30.3 Å². The van der Waals surface area contributed by atoms with Gasteiger partial charge >= 0.3 is 12.0 Å². The van der Waals surface area contributed by atoms with Gasteiger partial charge in [0.25, 0.3) is 0 Å². The van der Waals surface area contributed by atoms with Crippen LogP contribution in [0.4, 0.5) is 4.79 Å². The Kier molecular flexibility index (Phi) is 12.8. The van der Waals surface area contributed by atoms with Crippen LogP contribution in [0.25, 0.3) is 0 Å². The fourth-order valence-corrected chi connectivity index (χ4v) is 5.91. The summed E-state index contributed by atoms with van der Waals surface area (Å²) in [6, 6.07) is 8.17. The fraction of sp³-hybridized carbons (Fsp3) is 0.593. The Labute approximate surface area is 239 Å². The largest absolute Gasteiger partial charge is 0.440 e. The Bertz CT molecular complexity index is 1020. The van der Waals surface area contributed by atoms with Gasteiger partial charge in [0, 0.05) is 57.5 Å². The molecule has 0 radical (unpaired) electrons. The minimum Gasteiger partial charge on any atom is -0.440 e. The Morgan fingerprint density at radius 2 is 1.72 bits per heavy atom. The summed E-state index contributed by atoms with van der Waals surface area (Å²) in [6.45, 7) is 9.52. The van der Waals surface area contributed by atoms with Crippen LogP contribution in [0.1, 0.15) is 40.2 Å². The molecule has 1 aromatic rings. The van der Waals surface area contributed by atoms with Gasteiger partial charge in [0.2, 0.25) is 5.91 Å². The summed E-state index contributed by atoms with van der Waals surface area (Å²) in [5.74, 6) is -0.530. The van der Waals surface area contributed by atoms with Crippen molar-refractivity contribution >= 4 is 51.7 Å². The average Bonchev–Trinajstić information content (AvgIpc) is 2.83. The molecule has 0 aromatic heterocycles. The summed E-state index contributed by atoms with van der Waals surface area (Å²) in [5.41, 5.74) is 1.05. The van der Waals surface area contributed by atoms with E-state index in [4.69, 9.17) is 4.74 Å². The first kappa shape index (κ1) is 32.6. The number of nitrogens with zero attached hydrogens (tertiary/aromatic N) is 3. The van der Waals surface area contributed by atoms with Crippen molar-refractivity contribution in [1.29, 1.82) is 0 Å². The highest BCUT2D eigenvalue weighted by Gasteiger charge is 2.44. The van der Waals surface area contributed by atoms with Gasteiger partial charge in [-0.05, 0) is 32.9 Å². The van der Waals surface area contributed by atoms with Crippen molar-refractivity contribution in [2.45, 2.75) is 58.1 Å². The van der Waals surface area contributed by atoms with Gasteiger partial charge in [-0.1, -0.05) is 53.9 Å². The molecule has 2 unspecified atom stereocenters. The third-order valence-corrected chi connectivity index (χ3v) is 8.05. The van der Waals surface area contributed by atoms with Crippen molar-refractivity contribution in [2.75, 3.05) is 45.5 Å². The highest BCUT2D eigenvalue weighted by Crippen LogP contribution is 2.31. The number of esters is 1. The number of ether oxygens (including phenoxy) is 1. The molecule has 10 nitrogen and oxygen atoms in total. The molecule has 1 aliphatic heterocycles. The van der Waals surface area contributed by atoms with Gasteiger partial charge in [0.05, 0.1) is 6.54 Å². The van der Waals surface area contributed by atoms with Crippen LogP contribution in [0, 0.1) is 0 Å². The third-order valence-electron chi connectivity index (χ3n) is 6.21. The second kappa shape index (κ2) is 15.3. The minimum atomic E-state index is -1.08. The standard InChI is InChI=1S/C27H40N4O6S2/c1-19(32)37-23-18-29(6)14-15-31(23)25(35)24(27(4,5)39-21(3)34)28-26(36)30(16-17-38-20(2)33)13-12-22-10-8-7-9-11-22/h7-11,23-24H,12-18H2,1-6H3,(H,28,36). The first-order valence-electron chi connectivity index (χ1n) is 12.9. The van der Waals surface area contributed by atoms with Gasteiger partial charge < -0.3 is 19.9 Å². The molecule has 1 saturated heterocycles. The van der Waals surface area contributed by atoms with E-state index < -0.39 is 34.9 Å². The predicted octanol–water partition coefficient (Wildman–Crippen LogP) is 2.61. The van der Waals surface area contributed by atoms with Crippen molar-refractivity contribution in [1.82, 2.24) is 20.0 Å². The number of nitrogens with one attached hydrogen (secondary N) is 1. The first-order valence-corrected chi connectivity index (χ1v) is 14.7. The number of carbonyl (C=O) groups excluding carboxylic acids is 5. The molecule has 3 amide bonds. The maximum Gasteiger partial charge on any atom is 0.318 e. The monoisotopic (exact) mass is 580 g/mol. The molecule has 0 saturated carbocycles. The summed E-state index contributed by atoms with van der Waals surface area (Å²) in [4.78, 5) is 68.0. The van der Waals surface area contributed by atoms with Gasteiger partial charge in [0.15, 0.2) is 16.5 Å². The molecule has 1 heterocycles. The number of hydrogen-bond acceptors (Lipinski definition) is 9. The van der Waals surface area contributed by atoms with Crippen molar-refractivity contribution in [3.63, 3.8) is 0 Å². The number of amides is 3. The SMILES string of the molecule is CC(=O)OC1CN(C)CCN1C(=O)C(NC(=O)N(CCSC(C)=O)CCc1ccccc1)C(C)(C)SC(C)=O. The Hall–Kier alpha value is -2.57. The second-order valence-electron chi connectivity index (χ2n) is 10.0. The molecule has 2 rings (SSSR count). The van der Waals surface area contributed by atoms with Crippen molar-refractivity contribution in [3.05, 3.63) is 35.9 Å². The molecule has 1 N–H and O–H groups in total. The number of urea groups is 1. The number of thioether (sulfide) groups is 2. The summed E-state index contributed by atoms with van der Waals surface area (Å²) >= 11 is 2.10. The summed E-state index contributed by atoms with van der Waals surface area (Å²) < 4.78 is 4.45. The Balaban J connectivity index is 2.32. The van der Waals surface area contributed by atoms with E-state index in [2.05, 4.69) is 5.32 Å². The van der Waals surface area contributed by atoms with E-state index in [0.717, 1.165) is 29.1 Å². The lowest BCUT2D eigenvalue weighted by Crippen LogP contribution is -2.64. The molecule has 0 bridgehead atoms. The van der Waals surface area contributed by atoms with E-state index in [1.54, 1.807) is 18.7 Å². The zero-order valence-corrected chi connectivity index (χ0v) is 25.2. The van der Waals surface area contributed by atoms with E-state index in [-0.39, 0.29) is 10.2 Å². The topological polar surface area (TPSA) is 116 Å². The molecule has 12 heteroatoms. The minimum absolute atomic E-state index is 0.0444. The number of rotatable bonds is 11. The molecule has 2 atom stereocenters. The summed E-state index contributed by atoms with van der Waals surface area (Å²) in [6.07, 6.45) is -0.219. The van der Waals surface area contributed by atoms with E-state index in [0.29, 0.717) is 44.9 Å². The molecule has 216 valence electrons. The van der Waals surface area contributed by atoms with Crippen molar-refractivity contribution < 1.29 is 28.7 Å². The quantitative estimate of drug-likeness (QED) is 0.394. The molecule has 1 aliphatic rings. The maximum absolute atomic E-state index is 14.0. The van der Waals surface area contributed by atoms with Gasteiger partial charge in [-0.2, -0.15) is 0 Å². The third kappa shape index (κ3) is 10.8. The zero-order valence-electron chi connectivity index (χ0n) is 23.6. The van der Waals surface area contributed by atoms with E-state index in [9.17, 15) is 24.0 Å². The number of likely N-dealkylation sites (N-methyl/N-ethyl adjacent to an activating group) is 1. The van der Waals surface area contributed by atoms with Gasteiger partial charge in [-0.3, -0.25) is 24.1 Å². The van der Waals surface area contributed by atoms with Crippen LogP contribution in [0.3, 0.4) is 0 Å². The molecular weight excluding hydrogens is 540 g/mol. The van der Waals surface area contributed by atoms with Crippen LogP contribution in [-0.2, 0) is 30.3 Å². The predicted molar refractivity (Wildman–Crippen MR) is 154 cm³/mol. The normalized spacial score (nSPS) is 16.8. The highest BCUT2D eigenvalue weighted by molar-refractivity contribution is 8.14. The van der Waals surface area contributed by atoms with Crippen LogP contribution in [-0.4, -0.2) is 105 Å². The van der Waals surface area contributed by atoms with Gasteiger partial charge in [0.1, 0.15) is 6.04 Å².